The molecule has 0 aliphatic carbocycles. The summed E-state index contributed by atoms with van der Waals surface area (Å²) in [5, 5.41) is 0.511. The molecule has 5 nitrogen and oxygen atoms in total. The summed E-state index contributed by atoms with van der Waals surface area (Å²) in [4.78, 5) is 24.7. The molecule has 2 aliphatic rings. The quantitative estimate of drug-likeness (QED) is 0.770. The Labute approximate surface area is 111 Å². The van der Waals surface area contributed by atoms with Gasteiger partial charge in [0, 0.05) is 19.1 Å². The van der Waals surface area contributed by atoms with Gasteiger partial charge in [0.1, 0.15) is 6.04 Å². The summed E-state index contributed by atoms with van der Waals surface area (Å²) in [6, 6.07) is 0.119. The highest BCUT2D eigenvalue weighted by Crippen LogP contribution is 2.27. The van der Waals surface area contributed by atoms with Crippen molar-refractivity contribution in [3.63, 3.8) is 0 Å². The van der Waals surface area contributed by atoms with E-state index in [4.69, 9.17) is 11.6 Å². The van der Waals surface area contributed by atoms with Crippen molar-refractivity contribution in [2.75, 3.05) is 18.0 Å². The third-order valence-corrected chi connectivity index (χ3v) is 3.95. The fourth-order valence-corrected chi connectivity index (χ4v) is 2.88. The van der Waals surface area contributed by atoms with Crippen molar-refractivity contribution in [1.82, 2.24) is 14.9 Å². The van der Waals surface area contributed by atoms with Crippen LogP contribution in [0.25, 0.3) is 0 Å². The lowest BCUT2D eigenvalue weighted by molar-refractivity contribution is -0.134. The molecule has 2 fully saturated rings. The monoisotopic (exact) mass is 266 g/mol. The molecular weight excluding hydrogens is 252 g/mol. The van der Waals surface area contributed by atoms with E-state index in [9.17, 15) is 4.79 Å². The van der Waals surface area contributed by atoms with Gasteiger partial charge in [-0.3, -0.25) is 4.79 Å². The highest BCUT2D eigenvalue weighted by molar-refractivity contribution is 6.30. The molecule has 1 aromatic heterocycles. The van der Waals surface area contributed by atoms with Gasteiger partial charge in [0.05, 0.1) is 17.4 Å². The van der Waals surface area contributed by atoms with E-state index in [1.807, 2.05) is 16.7 Å². The predicted octanol–water partition coefficient (Wildman–Crippen LogP) is 1.33. The van der Waals surface area contributed by atoms with Gasteiger partial charge in [0.15, 0.2) is 0 Å². The molecule has 0 saturated carbocycles. The Hall–Kier alpha value is -1.36. The first kappa shape index (κ1) is 11.7. The largest absolute Gasteiger partial charge is 0.336 e. The zero-order chi connectivity index (χ0) is 12.7. The van der Waals surface area contributed by atoms with Crippen molar-refractivity contribution in [2.24, 2.45) is 0 Å². The maximum Gasteiger partial charge on any atom is 0.245 e. The van der Waals surface area contributed by atoms with E-state index in [0.717, 1.165) is 25.9 Å². The van der Waals surface area contributed by atoms with Gasteiger partial charge >= 0.3 is 0 Å². The second-order valence-corrected chi connectivity index (χ2v) is 5.29. The zero-order valence-corrected chi connectivity index (χ0v) is 11.0. The van der Waals surface area contributed by atoms with Crippen LogP contribution in [0.3, 0.4) is 0 Å². The topological polar surface area (TPSA) is 49.3 Å². The molecule has 96 valence electrons. The van der Waals surface area contributed by atoms with Crippen LogP contribution in [0.5, 0.6) is 0 Å². The molecule has 3 rings (SSSR count). The molecule has 0 bridgehead atoms. The SMILES string of the molecule is C[C@H]1C(=O)N2CCC[C@@H]2CN1c1ncc(Cl)cn1. The molecule has 0 spiro atoms. The van der Waals surface area contributed by atoms with E-state index < -0.39 is 0 Å². The molecule has 2 saturated heterocycles. The summed E-state index contributed by atoms with van der Waals surface area (Å²) in [5.41, 5.74) is 0. The lowest BCUT2D eigenvalue weighted by atomic mass is 10.1. The highest BCUT2D eigenvalue weighted by Gasteiger charge is 2.41. The molecule has 0 unspecified atom stereocenters. The Morgan fingerprint density at radius 1 is 1.33 bits per heavy atom. The number of fused-ring (bicyclic) bond motifs is 1. The molecule has 2 aliphatic heterocycles. The number of piperazine rings is 1. The number of carbonyl (C=O) groups is 1. The molecule has 3 heterocycles. The zero-order valence-electron chi connectivity index (χ0n) is 10.2. The first-order valence-corrected chi connectivity index (χ1v) is 6.59. The first-order valence-electron chi connectivity index (χ1n) is 6.21. The molecule has 0 N–H and O–H groups in total. The van der Waals surface area contributed by atoms with Crippen LogP contribution in [0, 0.1) is 0 Å². The number of amides is 1. The van der Waals surface area contributed by atoms with E-state index in [0.29, 0.717) is 17.0 Å². The van der Waals surface area contributed by atoms with E-state index in [1.165, 1.54) is 0 Å². The molecule has 0 aromatic carbocycles. The third-order valence-electron chi connectivity index (χ3n) is 3.76. The smallest absolute Gasteiger partial charge is 0.245 e. The summed E-state index contributed by atoms with van der Waals surface area (Å²) >= 11 is 5.79. The van der Waals surface area contributed by atoms with E-state index >= 15 is 0 Å². The van der Waals surface area contributed by atoms with Crippen LogP contribution in [-0.4, -0.2) is 45.9 Å². The van der Waals surface area contributed by atoms with Crippen molar-refractivity contribution in [3.8, 4) is 0 Å². The van der Waals surface area contributed by atoms with Crippen LogP contribution in [0.4, 0.5) is 5.95 Å². The highest BCUT2D eigenvalue weighted by atomic mass is 35.5. The first-order chi connectivity index (χ1) is 8.66. The summed E-state index contributed by atoms with van der Waals surface area (Å²) in [6.45, 7) is 3.62. The summed E-state index contributed by atoms with van der Waals surface area (Å²) in [7, 11) is 0. The van der Waals surface area contributed by atoms with Gasteiger partial charge in [-0.05, 0) is 19.8 Å². The maximum absolute atomic E-state index is 12.3. The van der Waals surface area contributed by atoms with Gasteiger partial charge in [0.2, 0.25) is 11.9 Å². The van der Waals surface area contributed by atoms with Crippen LogP contribution in [0.1, 0.15) is 19.8 Å². The van der Waals surface area contributed by atoms with Gasteiger partial charge in [-0.2, -0.15) is 0 Å². The normalized spacial score (nSPS) is 27.6. The standard InChI is InChI=1S/C12H15ClN4O/c1-8-11(18)16-4-2-3-10(16)7-17(8)12-14-5-9(13)6-15-12/h5-6,8,10H,2-4,7H2,1H3/t8-,10+/m0/s1. The van der Waals surface area contributed by atoms with Crippen LogP contribution >= 0.6 is 11.6 Å². The maximum atomic E-state index is 12.3. The summed E-state index contributed by atoms with van der Waals surface area (Å²) in [5.74, 6) is 0.772. The van der Waals surface area contributed by atoms with Crippen LogP contribution in [0.15, 0.2) is 12.4 Å². The minimum absolute atomic E-state index is 0.183. The van der Waals surface area contributed by atoms with Gasteiger partial charge < -0.3 is 9.80 Å². The number of anilines is 1. The number of halogens is 1. The van der Waals surface area contributed by atoms with E-state index in [2.05, 4.69) is 9.97 Å². The van der Waals surface area contributed by atoms with Gasteiger partial charge in [-0.1, -0.05) is 11.6 Å². The number of nitrogens with zero attached hydrogens (tertiary/aromatic N) is 4. The van der Waals surface area contributed by atoms with Gasteiger partial charge in [-0.15, -0.1) is 0 Å². The Balaban J connectivity index is 1.88. The minimum atomic E-state index is -0.194. The molecule has 1 aromatic rings. The number of rotatable bonds is 1. The third kappa shape index (κ3) is 1.82. The fraction of sp³-hybridized carbons (Fsp3) is 0.583. The molecule has 2 atom stereocenters. The number of hydrogen-bond donors (Lipinski definition) is 0. The number of carbonyl (C=O) groups excluding carboxylic acids is 1. The molecule has 6 heteroatoms. The van der Waals surface area contributed by atoms with Crippen LogP contribution < -0.4 is 4.90 Å². The van der Waals surface area contributed by atoms with Gasteiger partial charge in [0.25, 0.3) is 0 Å². The Morgan fingerprint density at radius 2 is 2.06 bits per heavy atom. The Bertz CT molecular complexity index is 464. The fourth-order valence-electron chi connectivity index (χ4n) is 2.78. The van der Waals surface area contributed by atoms with Crippen molar-refractivity contribution >= 4 is 23.5 Å². The van der Waals surface area contributed by atoms with E-state index in [1.54, 1.807) is 12.4 Å². The number of hydrogen-bond acceptors (Lipinski definition) is 4. The average Bonchev–Trinajstić information content (AvgIpc) is 2.83. The molecular formula is C12H15ClN4O. The summed E-state index contributed by atoms with van der Waals surface area (Å²) < 4.78 is 0. The summed E-state index contributed by atoms with van der Waals surface area (Å²) in [6.07, 6.45) is 5.31. The van der Waals surface area contributed by atoms with Crippen LogP contribution in [0.2, 0.25) is 5.02 Å². The Morgan fingerprint density at radius 3 is 2.78 bits per heavy atom. The second kappa shape index (κ2) is 4.39. The van der Waals surface area contributed by atoms with Crippen molar-refractivity contribution in [3.05, 3.63) is 17.4 Å². The van der Waals surface area contributed by atoms with Crippen molar-refractivity contribution in [1.29, 1.82) is 0 Å². The van der Waals surface area contributed by atoms with E-state index in [-0.39, 0.29) is 11.9 Å². The predicted molar refractivity (Wildman–Crippen MR) is 68.6 cm³/mol. The van der Waals surface area contributed by atoms with Crippen LogP contribution in [-0.2, 0) is 4.79 Å². The Kier molecular flexibility index (Phi) is 2.86. The average molecular weight is 267 g/mol. The van der Waals surface area contributed by atoms with Crippen molar-refractivity contribution < 1.29 is 4.79 Å². The second-order valence-electron chi connectivity index (χ2n) is 4.86. The minimum Gasteiger partial charge on any atom is -0.336 e. The molecule has 18 heavy (non-hydrogen) atoms. The lowest BCUT2D eigenvalue weighted by Gasteiger charge is -2.41. The molecule has 0 radical (unpaired) electrons. The van der Waals surface area contributed by atoms with Crippen molar-refractivity contribution in [2.45, 2.75) is 31.8 Å². The lowest BCUT2D eigenvalue weighted by Crippen LogP contribution is -2.59. The molecule has 1 amide bonds. The number of aromatic nitrogens is 2. The van der Waals surface area contributed by atoms with Gasteiger partial charge in [-0.25, -0.2) is 9.97 Å².